The largest absolute Gasteiger partial charge is 0.383 e. The van der Waals surface area contributed by atoms with Gasteiger partial charge in [-0.15, -0.1) is 11.3 Å². The Balaban J connectivity index is 2.47. The van der Waals surface area contributed by atoms with Crippen molar-refractivity contribution in [1.29, 1.82) is 0 Å². The van der Waals surface area contributed by atoms with Crippen LogP contribution in [-0.4, -0.2) is 5.11 Å². The molecule has 1 unspecified atom stereocenters. The number of aliphatic hydroxyl groups excluding tert-OH is 1. The van der Waals surface area contributed by atoms with E-state index in [1.807, 2.05) is 13.8 Å². The number of aliphatic hydroxyl groups is 1. The molecule has 0 radical (unpaired) electrons. The van der Waals surface area contributed by atoms with Crippen molar-refractivity contribution in [2.75, 3.05) is 0 Å². The van der Waals surface area contributed by atoms with Crippen LogP contribution in [0.1, 0.15) is 27.0 Å². The highest BCUT2D eigenvalue weighted by molar-refractivity contribution is 7.12. The van der Waals surface area contributed by atoms with Gasteiger partial charge in [-0.05, 0) is 31.5 Å². The van der Waals surface area contributed by atoms with Crippen molar-refractivity contribution in [2.45, 2.75) is 20.0 Å². The third kappa shape index (κ3) is 2.50. The second-order valence-corrected chi connectivity index (χ2v) is 6.02. The summed E-state index contributed by atoms with van der Waals surface area (Å²) in [6, 6.07) is 7.37. The summed E-state index contributed by atoms with van der Waals surface area (Å²) in [5, 5.41) is 11.2. The first-order chi connectivity index (χ1) is 8.00. The van der Waals surface area contributed by atoms with Crippen molar-refractivity contribution in [3.05, 3.63) is 55.2 Å². The minimum Gasteiger partial charge on any atom is -0.383 e. The Hall–Kier alpha value is -0.540. The van der Waals surface area contributed by atoms with Gasteiger partial charge in [-0.3, -0.25) is 0 Å². The van der Waals surface area contributed by atoms with Gasteiger partial charge in [-0.2, -0.15) is 0 Å². The molecule has 0 bridgehead atoms. The third-order valence-corrected chi connectivity index (χ3v) is 4.64. The predicted octanol–water partition coefficient (Wildman–Crippen LogP) is 4.75. The van der Waals surface area contributed by atoms with Gasteiger partial charge >= 0.3 is 0 Å². The molecule has 2 rings (SSSR count). The number of benzene rings is 1. The van der Waals surface area contributed by atoms with Crippen molar-refractivity contribution in [3.63, 3.8) is 0 Å². The van der Waals surface area contributed by atoms with Crippen molar-refractivity contribution >= 4 is 34.5 Å². The average Bonchev–Trinajstić information content (AvgIpc) is 2.61. The van der Waals surface area contributed by atoms with Crippen LogP contribution in [0.15, 0.2) is 24.3 Å². The van der Waals surface area contributed by atoms with E-state index in [0.717, 1.165) is 10.4 Å². The van der Waals surface area contributed by atoms with Crippen LogP contribution >= 0.6 is 34.5 Å². The number of rotatable bonds is 2. The molecule has 90 valence electrons. The molecule has 0 saturated carbocycles. The van der Waals surface area contributed by atoms with E-state index in [1.165, 1.54) is 4.88 Å². The molecule has 0 saturated heterocycles. The first-order valence-corrected chi connectivity index (χ1v) is 6.77. The molecule has 1 atom stereocenters. The summed E-state index contributed by atoms with van der Waals surface area (Å²) in [6.07, 6.45) is -0.708. The number of hydrogen-bond donors (Lipinski definition) is 1. The van der Waals surface area contributed by atoms with Crippen molar-refractivity contribution in [2.24, 2.45) is 0 Å². The predicted molar refractivity (Wildman–Crippen MR) is 74.3 cm³/mol. The fourth-order valence-electron chi connectivity index (χ4n) is 1.80. The molecule has 1 heterocycles. The molecule has 4 heteroatoms. The second kappa shape index (κ2) is 4.99. The summed E-state index contributed by atoms with van der Waals surface area (Å²) in [5.41, 5.74) is 1.74. The molecule has 0 amide bonds. The molecule has 1 aromatic carbocycles. The monoisotopic (exact) mass is 286 g/mol. The van der Waals surface area contributed by atoms with Gasteiger partial charge in [0.25, 0.3) is 0 Å². The Morgan fingerprint density at radius 1 is 1.24 bits per heavy atom. The van der Waals surface area contributed by atoms with E-state index < -0.39 is 6.10 Å². The van der Waals surface area contributed by atoms with Gasteiger partial charge in [0.15, 0.2) is 0 Å². The zero-order valence-corrected chi connectivity index (χ0v) is 11.8. The fraction of sp³-hybridized carbons (Fsp3) is 0.231. The van der Waals surface area contributed by atoms with Gasteiger partial charge in [0.1, 0.15) is 6.10 Å². The van der Waals surface area contributed by atoms with Gasteiger partial charge in [0.2, 0.25) is 0 Å². The molecule has 1 nitrogen and oxygen atoms in total. The van der Waals surface area contributed by atoms with Crippen LogP contribution in [-0.2, 0) is 0 Å². The Labute approximate surface area is 115 Å². The van der Waals surface area contributed by atoms with E-state index in [1.54, 1.807) is 29.5 Å². The summed E-state index contributed by atoms with van der Waals surface area (Å²) in [5.74, 6) is 0. The van der Waals surface area contributed by atoms with Crippen LogP contribution in [0.2, 0.25) is 10.0 Å². The van der Waals surface area contributed by atoms with Crippen LogP contribution in [0.5, 0.6) is 0 Å². The highest BCUT2D eigenvalue weighted by Crippen LogP contribution is 2.37. The zero-order valence-electron chi connectivity index (χ0n) is 9.50. The summed E-state index contributed by atoms with van der Waals surface area (Å²) >= 11 is 13.6. The van der Waals surface area contributed by atoms with Crippen LogP contribution in [0, 0.1) is 13.8 Å². The molecule has 1 aromatic heterocycles. The Morgan fingerprint density at radius 2 is 1.94 bits per heavy atom. The maximum absolute atomic E-state index is 10.4. The molecule has 0 spiro atoms. The zero-order chi connectivity index (χ0) is 12.6. The van der Waals surface area contributed by atoms with Crippen LogP contribution in [0.25, 0.3) is 0 Å². The SMILES string of the molecule is Cc1cc(C)c(C(O)c2cccc(Cl)c2Cl)s1. The van der Waals surface area contributed by atoms with Crippen LogP contribution in [0.3, 0.4) is 0 Å². The van der Waals surface area contributed by atoms with Gasteiger partial charge < -0.3 is 5.11 Å². The second-order valence-electron chi connectivity index (χ2n) is 3.95. The molecule has 0 fully saturated rings. The summed E-state index contributed by atoms with van der Waals surface area (Å²) < 4.78 is 0. The first-order valence-electron chi connectivity index (χ1n) is 5.19. The number of thiophene rings is 1. The summed E-state index contributed by atoms with van der Waals surface area (Å²) in [4.78, 5) is 2.10. The maximum atomic E-state index is 10.4. The third-order valence-electron chi connectivity index (χ3n) is 2.60. The van der Waals surface area contributed by atoms with Crippen molar-refractivity contribution in [3.8, 4) is 0 Å². The highest BCUT2D eigenvalue weighted by Gasteiger charge is 2.19. The van der Waals surface area contributed by atoms with Crippen LogP contribution in [0.4, 0.5) is 0 Å². The molecular formula is C13H12Cl2OS. The van der Waals surface area contributed by atoms with Gasteiger partial charge in [-0.1, -0.05) is 35.3 Å². The van der Waals surface area contributed by atoms with E-state index >= 15 is 0 Å². The maximum Gasteiger partial charge on any atom is 0.115 e. The topological polar surface area (TPSA) is 20.2 Å². The Bertz CT molecular complexity index is 548. The summed E-state index contributed by atoms with van der Waals surface area (Å²) in [6.45, 7) is 4.01. The van der Waals surface area contributed by atoms with Gasteiger partial charge in [0, 0.05) is 15.3 Å². The molecule has 0 aliphatic heterocycles. The van der Waals surface area contributed by atoms with E-state index in [-0.39, 0.29) is 0 Å². The average molecular weight is 287 g/mol. The summed E-state index contributed by atoms with van der Waals surface area (Å²) in [7, 11) is 0. The minimum atomic E-state index is -0.708. The van der Waals surface area contributed by atoms with E-state index in [0.29, 0.717) is 15.6 Å². The Kier molecular flexibility index (Phi) is 3.79. The number of hydrogen-bond acceptors (Lipinski definition) is 2. The Morgan fingerprint density at radius 3 is 2.53 bits per heavy atom. The van der Waals surface area contributed by atoms with Gasteiger partial charge in [0.05, 0.1) is 10.0 Å². The van der Waals surface area contributed by atoms with Crippen molar-refractivity contribution < 1.29 is 5.11 Å². The number of aryl methyl sites for hydroxylation is 2. The molecule has 0 aliphatic carbocycles. The highest BCUT2D eigenvalue weighted by atomic mass is 35.5. The van der Waals surface area contributed by atoms with E-state index in [9.17, 15) is 5.11 Å². The molecule has 2 aromatic rings. The normalized spacial score (nSPS) is 12.8. The minimum absolute atomic E-state index is 0.423. The number of halogens is 2. The van der Waals surface area contributed by atoms with Crippen molar-refractivity contribution in [1.82, 2.24) is 0 Å². The molecule has 1 N–H and O–H groups in total. The van der Waals surface area contributed by atoms with E-state index in [2.05, 4.69) is 6.07 Å². The van der Waals surface area contributed by atoms with Crippen LogP contribution < -0.4 is 0 Å². The lowest BCUT2D eigenvalue weighted by atomic mass is 10.1. The first kappa shape index (κ1) is 12.9. The lowest BCUT2D eigenvalue weighted by Crippen LogP contribution is -1.99. The van der Waals surface area contributed by atoms with E-state index in [4.69, 9.17) is 23.2 Å². The fourth-order valence-corrected chi connectivity index (χ4v) is 3.26. The smallest absolute Gasteiger partial charge is 0.115 e. The molecule has 0 aliphatic rings. The lowest BCUT2D eigenvalue weighted by Gasteiger charge is -2.13. The van der Waals surface area contributed by atoms with Gasteiger partial charge in [-0.25, -0.2) is 0 Å². The lowest BCUT2D eigenvalue weighted by molar-refractivity contribution is 0.223. The molecule has 17 heavy (non-hydrogen) atoms. The quantitative estimate of drug-likeness (QED) is 0.844. The standard InChI is InChI=1S/C13H12Cl2OS/c1-7-6-8(2)17-13(7)12(16)9-4-3-5-10(14)11(9)15/h3-6,12,16H,1-2H3. The molecular weight excluding hydrogens is 275 g/mol.